The molecule has 3 N–H and O–H groups in total. The summed E-state index contributed by atoms with van der Waals surface area (Å²) >= 11 is 0. The minimum absolute atomic E-state index is 0.674. The summed E-state index contributed by atoms with van der Waals surface area (Å²) in [7, 11) is 0. The molecule has 1 fully saturated rings. The van der Waals surface area contributed by atoms with Crippen LogP contribution in [0.4, 0.5) is 11.8 Å². The zero-order valence-electron chi connectivity index (χ0n) is 9.37. The molecule has 0 spiro atoms. The van der Waals surface area contributed by atoms with Crippen molar-refractivity contribution in [3.8, 4) is 0 Å². The Balaban J connectivity index is 1.97. The molecule has 3 heterocycles. The summed E-state index contributed by atoms with van der Waals surface area (Å²) in [6.07, 6.45) is 3.42. The third-order valence-corrected chi connectivity index (χ3v) is 3.35. The summed E-state index contributed by atoms with van der Waals surface area (Å²) in [5.41, 5.74) is 8.23. The number of fused-ring (bicyclic) bond motifs is 1. The summed E-state index contributed by atoms with van der Waals surface area (Å²) in [6, 6.07) is 0. The average Bonchev–Trinajstić information content (AvgIpc) is 2.82. The molecule has 2 aliphatic rings. The van der Waals surface area contributed by atoms with Crippen LogP contribution in [0.5, 0.6) is 0 Å². The van der Waals surface area contributed by atoms with Crippen molar-refractivity contribution in [3.63, 3.8) is 0 Å². The van der Waals surface area contributed by atoms with Crippen LogP contribution >= 0.6 is 0 Å². The summed E-state index contributed by atoms with van der Waals surface area (Å²) in [6.45, 7) is 3.92. The van der Waals surface area contributed by atoms with E-state index in [2.05, 4.69) is 20.2 Å². The Kier molecular flexibility index (Phi) is 2.40. The van der Waals surface area contributed by atoms with Crippen molar-refractivity contribution in [2.24, 2.45) is 0 Å². The minimum Gasteiger partial charge on any atom is -0.383 e. The first-order valence-corrected chi connectivity index (χ1v) is 5.95. The fraction of sp³-hybridized carbons (Fsp3) is 0.636. The highest BCUT2D eigenvalue weighted by atomic mass is 15.3. The molecule has 1 aromatic heterocycles. The van der Waals surface area contributed by atoms with Gasteiger partial charge in [-0.3, -0.25) is 0 Å². The Bertz CT molecular complexity index is 398. The summed E-state index contributed by atoms with van der Waals surface area (Å²) in [5, 5.41) is 3.32. The highest BCUT2D eigenvalue weighted by Crippen LogP contribution is 2.23. The molecule has 1 aromatic rings. The van der Waals surface area contributed by atoms with E-state index < -0.39 is 0 Å². The maximum absolute atomic E-state index is 6.00. The maximum atomic E-state index is 6.00. The molecule has 1 saturated heterocycles. The van der Waals surface area contributed by atoms with E-state index in [1.165, 1.54) is 12.8 Å². The van der Waals surface area contributed by atoms with E-state index in [1.807, 2.05) is 0 Å². The fourth-order valence-corrected chi connectivity index (χ4v) is 2.43. The van der Waals surface area contributed by atoms with Crippen LogP contribution < -0.4 is 16.0 Å². The van der Waals surface area contributed by atoms with Crippen LogP contribution in [0.3, 0.4) is 0 Å². The number of hydrogen-bond acceptors (Lipinski definition) is 5. The third kappa shape index (κ3) is 1.61. The van der Waals surface area contributed by atoms with E-state index in [-0.39, 0.29) is 0 Å². The lowest BCUT2D eigenvalue weighted by Crippen LogP contribution is -2.28. The molecule has 0 aromatic carbocycles. The Morgan fingerprint density at radius 1 is 1.19 bits per heavy atom. The Hall–Kier alpha value is -1.36. The van der Waals surface area contributed by atoms with E-state index >= 15 is 0 Å². The van der Waals surface area contributed by atoms with Crippen molar-refractivity contribution in [2.75, 3.05) is 30.3 Å². The van der Waals surface area contributed by atoms with Gasteiger partial charge in [0.1, 0.15) is 5.82 Å². The molecule has 0 atom stereocenters. The van der Waals surface area contributed by atoms with Gasteiger partial charge in [-0.2, -0.15) is 4.98 Å². The summed E-state index contributed by atoms with van der Waals surface area (Å²) in [5.74, 6) is 1.49. The molecule has 86 valence electrons. The predicted octanol–water partition coefficient (Wildman–Crippen LogP) is 0.305. The number of nitrogen functional groups attached to an aromatic ring is 1. The fourth-order valence-electron chi connectivity index (χ4n) is 2.43. The first kappa shape index (κ1) is 9.84. The van der Waals surface area contributed by atoms with E-state index in [0.717, 1.165) is 49.8 Å². The highest BCUT2D eigenvalue weighted by molar-refractivity contribution is 5.49. The molecule has 2 aliphatic heterocycles. The van der Waals surface area contributed by atoms with Crippen LogP contribution in [0.25, 0.3) is 0 Å². The largest absolute Gasteiger partial charge is 0.383 e. The molecule has 0 aliphatic carbocycles. The molecule has 5 nitrogen and oxygen atoms in total. The lowest BCUT2D eigenvalue weighted by molar-refractivity contribution is 0.623. The topological polar surface area (TPSA) is 67.1 Å². The second-order valence-electron chi connectivity index (χ2n) is 4.46. The SMILES string of the molecule is Nc1nc(N2CCCC2)nc2c1CCNC2. The number of aromatic nitrogens is 2. The average molecular weight is 219 g/mol. The van der Waals surface area contributed by atoms with E-state index in [1.54, 1.807) is 0 Å². The summed E-state index contributed by atoms with van der Waals surface area (Å²) < 4.78 is 0. The first-order valence-electron chi connectivity index (χ1n) is 5.95. The standard InChI is InChI=1S/C11H17N5/c12-10-8-3-4-13-7-9(8)14-11(15-10)16-5-1-2-6-16/h13H,1-7H2,(H2,12,14,15). The van der Waals surface area contributed by atoms with Crippen LogP contribution in [-0.4, -0.2) is 29.6 Å². The van der Waals surface area contributed by atoms with Crippen molar-refractivity contribution in [2.45, 2.75) is 25.8 Å². The number of nitrogens with one attached hydrogen (secondary N) is 1. The zero-order valence-corrected chi connectivity index (χ0v) is 9.37. The zero-order chi connectivity index (χ0) is 11.0. The van der Waals surface area contributed by atoms with E-state index in [9.17, 15) is 0 Å². The molecule has 16 heavy (non-hydrogen) atoms. The Morgan fingerprint density at radius 2 is 2.00 bits per heavy atom. The van der Waals surface area contributed by atoms with Gasteiger partial charge in [-0.05, 0) is 25.8 Å². The lowest BCUT2D eigenvalue weighted by atomic mass is 10.1. The predicted molar refractivity (Wildman–Crippen MR) is 63.3 cm³/mol. The van der Waals surface area contributed by atoms with Gasteiger partial charge >= 0.3 is 0 Å². The van der Waals surface area contributed by atoms with Gasteiger partial charge in [0, 0.05) is 25.2 Å². The minimum atomic E-state index is 0.674. The first-order chi connectivity index (χ1) is 7.84. The molecule has 5 heteroatoms. The molecule has 3 rings (SSSR count). The monoisotopic (exact) mass is 219 g/mol. The highest BCUT2D eigenvalue weighted by Gasteiger charge is 2.20. The second-order valence-corrected chi connectivity index (χ2v) is 4.46. The van der Waals surface area contributed by atoms with Gasteiger partial charge in [0.25, 0.3) is 0 Å². The van der Waals surface area contributed by atoms with Crippen molar-refractivity contribution in [3.05, 3.63) is 11.3 Å². The van der Waals surface area contributed by atoms with E-state index in [4.69, 9.17) is 5.73 Å². The van der Waals surface area contributed by atoms with Gasteiger partial charge in [0.15, 0.2) is 0 Å². The van der Waals surface area contributed by atoms with Crippen molar-refractivity contribution in [1.82, 2.24) is 15.3 Å². The second kappa shape index (κ2) is 3.90. The van der Waals surface area contributed by atoms with Crippen molar-refractivity contribution in [1.29, 1.82) is 0 Å². The van der Waals surface area contributed by atoms with Crippen molar-refractivity contribution >= 4 is 11.8 Å². The molecule has 0 saturated carbocycles. The maximum Gasteiger partial charge on any atom is 0.227 e. The summed E-state index contributed by atoms with van der Waals surface area (Å²) in [4.78, 5) is 11.3. The Morgan fingerprint density at radius 3 is 2.81 bits per heavy atom. The lowest BCUT2D eigenvalue weighted by Gasteiger charge is -2.21. The van der Waals surface area contributed by atoms with Gasteiger partial charge in [0.05, 0.1) is 5.69 Å². The smallest absolute Gasteiger partial charge is 0.227 e. The van der Waals surface area contributed by atoms with Gasteiger partial charge in [-0.15, -0.1) is 0 Å². The van der Waals surface area contributed by atoms with Gasteiger partial charge in [0.2, 0.25) is 5.95 Å². The molecule has 0 bridgehead atoms. The van der Waals surface area contributed by atoms with Crippen LogP contribution in [0, 0.1) is 0 Å². The van der Waals surface area contributed by atoms with E-state index in [0.29, 0.717) is 5.82 Å². The van der Waals surface area contributed by atoms with Crippen LogP contribution in [-0.2, 0) is 13.0 Å². The van der Waals surface area contributed by atoms with Gasteiger partial charge in [-0.25, -0.2) is 4.98 Å². The van der Waals surface area contributed by atoms with Crippen LogP contribution in [0.1, 0.15) is 24.1 Å². The molecule has 0 unspecified atom stereocenters. The molecule has 0 radical (unpaired) electrons. The quantitative estimate of drug-likeness (QED) is 0.711. The molecular formula is C11H17N5. The van der Waals surface area contributed by atoms with Gasteiger partial charge < -0.3 is 16.0 Å². The normalized spacial score (nSPS) is 19.9. The van der Waals surface area contributed by atoms with Crippen LogP contribution in [0.15, 0.2) is 0 Å². The van der Waals surface area contributed by atoms with Crippen LogP contribution in [0.2, 0.25) is 0 Å². The number of hydrogen-bond donors (Lipinski definition) is 2. The molecule has 0 amide bonds. The molecular weight excluding hydrogens is 202 g/mol. The van der Waals surface area contributed by atoms with Crippen molar-refractivity contribution < 1.29 is 0 Å². The number of nitrogens with two attached hydrogens (primary N) is 1. The van der Waals surface area contributed by atoms with Gasteiger partial charge in [-0.1, -0.05) is 0 Å². The number of rotatable bonds is 1. The third-order valence-electron chi connectivity index (χ3n) is 3.35. The Labute approximate surface area is 95.1 Å². The number of anilines is 2. The number of nitrogens with zero attached hydrogens (tertiary/aromatic N) is 3.